The van der Waals surface area contributed by atoms with E-state index in [-0.39, 0.29) is 5.52 Å². The molecule has 184 valence electrons. The highest BCUT2D eigenvalue weighted by molar-refractivity contribution is 7.99. The number of pyridine rings is 3. The van der Waals surface area contributed by atoms with Crippen molar-refractivity contribution in [3.05, 3.63) is 61.2 Å². The standard InChI is InChI=1S/C23H20F5N4O2S/c1-3-35-19-11-16(34-20-6-4-5-8-29-20)13-32(33-2)21(19)17-10-15-7-9-31(18(15)12-30-17)14-22(24,25)23(26,27)28/h4-13H,3,14H2,1-2H3/q+1. The molecule has 4 aromatic rings. The number of nitrogens with zero attached hydrogens (tertiary/aromatic N) is 4. The molecule has 0 atom stereocenters. The number of hydrogen-bond acceptors (Lipinski definition) is 5. The smallest absolute Gasteiger partial charge is 0.433 e. The maximum atomic E-state index is 13.6. The van der Waals surface area contributed by atoms with Gasteiger partial charge in [0.2, 0.25) is 5.88 Å². The van der Waals surface area contributed by atoms with Crippen molar-refractivity contribution in [3.63, 3.8) is 0 Å². The number of fused-ring (bicyclic) bond motifs is 1. The van der Waals surface area contributed by atoms with Gasteiger partial charge in [-0.15, -0.1) is 11.8 Å². The van der Waals surface area contributed by atoms with Crippen LogP contribution in [-0.4, -0.2) is 39.5 Å². The number of thioether (sulfide) groups is 1. The first-order valence-electron chi connectivity index (χ1n) is 10.4. The third kappa shape index (κ3) is 5.16. The molecular weight excluding hydrogens is 491 g/mol. The van der Waals surface area contributed by atoms with Crippen molar-refractivity contribution in [2.45, 2.75) is 30.5 Å². The Labute approximate surface area is 201 Å². The lowest BCUT2D eigenvalue weighted by Gasteiger charge is -2.20. The molecule has 4 heterocycles. The van der Waals surface area contributed by atoms with Gasteiger partial charge < -0.3 is 9.30 Å². The van der Waals surface area contributed by atoms with Gasteiger partial charge in [-0.25, -0.2) is 9.97 Å². The lowest BCUT2D eigenvalue weighted by Crippen LogP contribution is -2.43. The number of ether oxygens (including phenoxy) is 1. The predicted molar refractivity (Wildman–Crippen MR) is 120 cm³/mol. The molecule has 12 heteroatoms. The molecule has 4 aromatic heterocycles. The third-order valence-corrected chi connectivity index (χ3v) is 5.92. The average molecular weight is 511 g/mol. The van der Waals surface area contributed by atoms with Crippen LogP contribution in [0.5, 0.6) is 11.6 Å². The summed E-state index contributed by atoms with van der Waals surface area (Å²) < 4.78 is 73.3. The van der Waals surface area contributed by atoms with E-state index in [1.165, 1.54) is 42.1 Å². The first kappa shape index (κ1) is 24.7. The van der Waals surface area contributed by atoms with Crippen molar-refractivity contribution < 1.29 is 36.3 Å². The van der Waals surface area contributed by atoms with Crippen molar-refractivity contribution in [2.75, 3.05) is 12.9 Å². The van der Waals surface area contributed by atoms with Crippen LogP contribution >= 0.6 is 11.8 Å². The number of rotatable bonds is 8. The van der Waals surface area contributed by atoms with E-state index in [9.17, 15) is 22.0 Å². The minimum Gasteiger partial charge on any atom is -0.433 e. The van der Waals surface area contributed by atoms with Crippen LogP contribution in [0.15, 0.2) is 66.1 Å². The summed E-state index contributed by atoms with van der Waals surface area (Å²) in [4.78, 5) is 14.8. The molecular formula is C23H20F5N4O2S+. The zero-order valence-electron chi connectivity index (χ0n) is 18.6. The van der Waals surface area contributed by atoms with Gasteiger partial charge in [0, 0.05) is 34.6 Å². The van der Waals surface area contributed by atoms with Gasteiger partial charge in [-0.3, -0.25) is 4.84 Å². The molecule has 0 saturated heterocycles. The van der Waals surface area contributed by atoms with Crippen LogP contribution in [0.4, 0.5) is 22.0 Å². The Morgan fingerprint density at radius 3 is 2.54 bits per heavy atom. The molecule has 0 aliphatic carbocycles. The van der Waals surface area contributed by atoms with Crippen LogP contribution in [0, 0.1) is 0 Å². The number of hydrogen-bond donors (Lipinski definition) is 0. The van der Waals surface area contributed by atoms with Gasteiger partial charge in [-0.05, 0) is 24.0 Å². The Morgan fingerprint density at radius 2 is 1.89 bits per heavy atom. The second kappa shape index (κ2) is 9.68. The molecule has 0 unspecified atom stereocenters. The van der Waals surface area contributed by atoms with Crippen molar-refractivity contribution >= 4 is 22.7 Å². The van der Waals surface area contributed by atoms with E-state index in [1.54, 1.807) is 42.7 Å². The molecule has 35 heavy (non-hydrogen) atoms. The molecule has 0 saturated carbocycles. The van der Waals surface area contributed by atoms with Gasteiger partial charge in [0.25, 0.3) is 11.9 Å². The van der Waals surface area contributed by atoms with E-state index in [0.29, 0.717) is 28.4 Å². The fraction of sp³-hybridized carbons (Fsp3) is 0.261. The Balaban J connectivity index is 1.74. The van der Waals surface area contributed by atoms with Crippen molar-refractivity contribution in [1.82, 2.24) is 14.5 Å². The van der Waals surface area contributed by atoms with Crippen molar-refractivity contribution in [2.24, 2.45) is 0 Å². The van der Waals surface area contributed by atoms with Gasteiger partial charge in [-0.1, -0.05) is 13.0 Å². The summed E-state index contributed by atoms with van der Waals surface area (Å²) in [5, 5.41) is 0.455. The summed E-state index contributed by atoms with van der Waals surface area (Å²) in [6.07, 6.45) is 0.0180. The monoisotopic (exact) mass is 511 g/mol. The lowest BCUT2D eigenvalue weighted by atomic mass is 10.2. The van der Waals surface area contributed by atoms with Gasteiger partial charge in [0.05, 0.1) is 23.2 Å². The van der Waals surface area contributed by atoms with E-state index < -0.39 is 18.6 Å². The quantitative estimate of drug-likeness (QED) is 0.177. The molecule has 0 aromatic carbocycles. The fourth-order valence-corrected chi connectivity index (χ4v) is 4.26. The van der Waals surface area contributed by atoms with E-state index in [1.807, 2.05) is 6.92 Å². The molecule has 0 radical (unpaired) electrons. The van der Waals surface area contributed by atoms with Crippen LogP contribution in [0.2, 0.25) is 0 Å². The van der Waals surface area contributed by atoms with Crippen LogP contribution in [0.3, 0.4) is 0 Å². The zero-order chi connectivity index (χ0) is 25.2. The SMILES string of the molecule is CCSc1cc(Oc2ccccn2)c[n+](OC)c1-c1cc2ccn(CC(F)(F)C(F)(F)F)c2cn1. The summed E-state index contributed by atoms with van der Waals surface area (Å²) in [6, 6.07) is 10.1. The minimum atomic E-state index is -5.65. The normalized spacial score (nSPS) is 12.2. The molecule has 0 aliphatic rings. The number of halogens is 5. The summed E-state index contributed by atoms with van der Waals surface area (Å²) in [5.41, 5.74) is 1.17. The molecule has 4 rings (SSSR count). The van der Waals surface area contributed by atoms with Crippen LogP contribution in [0.1, 0.15) is 6.92 Å². The summed E-state index contributed by atoms with van der Waals surface area (Å²) in [5.74, 6) is -3.29. The van der Waals surface area contributed by atoms with Gasteiger partial charge in [0.1, 0.15) is 12.8 Å². The van der Waals surface area contributed by atoms with E-state index in [4.69, 9.17) is 9.57 Å². The Hall–Kier alpha value is -3.41. The fourth-order valence-electron chi connectivity index (χ4n) is 3.41. The molecule has 0 fully saturated rings. The highest BCUT2D eigenvalue weighted by Crippen LogP contribution is 2.38. The number of alkyl halides is 5. The second-order valence-electron chi connectivity index (χ2n) is 7.37. The number of aromatic nitrogens is 4. The van der Waals surface area contributed by atoms with Gasteiger partial charge >= 0.3 is 12.1 Å². The van der Waals surface area contributed by atoms with Crippen molar-refractivity contribution in [3.8, 4) is 23.0 Å². The van der Waals surface area contributed by atoms with Crippen LogP contribution in [0.25, 0.3) is 22.3 Å². The molecule has 0 bridgehead atoms. The average Bonchev–Trinajstić information content (AvgIpc) is 3.20. The predicted octanol–water partition coefficient (Wildman–Crippen LogP) is 5.55. The van der Waals surface area contributed by atoms with Crippen LogP contribution < -0.4 is 14.3 Å². The topological polar surface area (TPSA) is 53.1 Å². The first-order chi connectivity index (χ1) is 16.6. The maximum absolute atomic E-state index is 13.6. The minimum absolute atomic E-state index is 0.154. The van der Waals surface area contributed by atoms with Crippen molar-refractivity contribution in [1.29, 1.82) is 0 Å². The van der Waals surface area contributed by atoms with E-state index in [0.717, 1.165) is 15.2 Å². The van der Waals surface area contributed by atoms with Crippen LogP contribution in [-0.2, 0) is 6.54 Å². The highest BCUT2D eigenvalue weighted by Gasteiger charge is 2.57. The van der Waals surface area contributed by atoms with Gasteiger partial charge in [-0.2, -0.15) is 22.0 Å². The Morgan fingerprint density at radius 1 is 1.09 bits per heavy atom. The maximum Gasteiger partial charge on any atom is 0.455 e. The summed E-state index contributed by atoms with van der Waals surface area (Å²) in [6.45, 7) is 0.436. The summed E-state index contributed by atoms with van der Waals surface area (Å²) in [7, 11) is 1.46. The molecule has 0 aliphatic heterocycles. The zero-order valence-corrected chi connectivity index (χ0v) is 19.4. The van der Waals surface area contributed by atoms with E-state index >= 15 is 0 Å². The largest absolute Gasteiger partial charge is 0.455 e. The first-order valence-corrected chi connectivity index (χ1v) is 11.4. The highest BCUT2D eigenvalue weighted by atomic mass is 32.2. The molecule has 0 amide bonds. The second-order valence-corrected chi connectivity index (χ2v) is 8.68. The summed E-state index contributed by atoms with van der Waals surface area (Å²) >= 11 is 1.50. The third-order valence-electron chi connectivity index (χ3n) is 5.01. The lowest BCUT2D eigenvalue weighted by molar-refractivity contribution is -0.878. The Bertz CT molecular complexity index is 1330. The molecule has 0 N–H and O–H groups in total. The van der Waals surface area contributed by atoms with E-state index in [2.05, 4.69) is 9.97 Å². The molecule has 6 nitrogen and oxygen atoms in total. The Kier molecular flexibility index (Phi) is 6.84. The molecule has 0 spiro atoms. The van der Waals surface area contributed by atoms with Gasteiger partial charge in [0.15, 0.2) is 5.75 Å².